The van der Waals surface area contributed by atoms with Crippen LogP contribution in [0.25, 0.3) is 11.1 Å². The van der Waals surface area contributed by atoms with E-state index in [0.717, 1.165) is 53.3 Å². The predicted octanol–water partition coefficient (Wildman–Crippen LogP) is 3.80. The molecule has 4 rings (SSSR count). The molecule has 1 saturated heterocycles. The van der Waals surface area contributed by atoms with Crippen molar-refractivity contribution in [2.75, 3.05) is 20.2 Å². The van der Waals surface area contributed by atoms with E-state index in [0.29, 0.717) is 13.0 Å². The van der Waals surface area contributed by atoms with Gasteiger partial charge in [-0.3, -0.25) is 9.78 Å². The van der Waals surface area contributed by atoms with Crippen LogP contribution in [0.3, 0.4) is 0 Å². The maximum absolute atomic E-state index is 13.0. The molecule has 30 heavy (non-hydrogen) atoms. The molecule has 0 spiro atoms. The number of methoxy groups -OCH3 is 1. The van der Waals surface area contributed by atoms with E-state index in [1.54, 1.807) is 19.5 Å². The number of hydrogen-bond donors (Lipinski definition) is 0. The second-order valence-corrected chi connectivity index (χ2v) is 7.66. The third-order valence-corrected chi connectivity index (χ3v) is 5.58. The molecule has 3 aromatic rings. The average molecular weight is 402 g/mol. The van der Waals surface area contributed by atoms with Crippen LogP contribution in [0.1, 0.15) is 35.8 Å². The molecule has 3 heterocycles. The first-order valence-electron chi connectivity index (χ1n) is 10.3. The molecule has 1 amide bonds. The number of aromatic nitrogens is 3. The largest absolute Gasteiger partial charge is 0.497 e. The molecule has 1 atom stereocenters. The lowest BCUT2D eigenvalue weighted by Crippen LogP contribution is -2.40. The monoisotopic (exact) mass is 402 g/mol. The van der Waals surface area contributed by atoms with E-state index < -0.39 is 0 Å². The first-order valence-corrected chi connectivity index (χ1v) is 10.3. The summed E-state index contributed by atoms with van der Waals surface area (Å²) in [5.74, 6) is 1.86. The summed E-state index contributed by atoms with van der Waals surface area (Å²) < 4.78 is 5.28. The second-order valence-electron chi connectivity index (χ2n) is 7.66. The molecule has 2 aromatic heterocycles. The number of hydrogen-bond acceptors (Lipinski definition) is 5. The van der Waals surface area contributed by atoms with Gasteiger partial charge in [0.1, 0.15) is 11.6 Å². The van der Waals surface area contributed by atoms with Crippen molar-refractivity contribution in [1.82, 2.24) is 19.9 Å². The van der Waals surface area contributed by atoms with Crippen LogP contribution in [0.4, 0.5) is 0 Å². The third kappa shape index (κ3) is 4.48. The summed E-state index contributed by atoms with van der Waals surface area (Å²) in [5.41, 5.74) is 4.07. The fraction of sp³-hybridized carbons (Fsp3) is 0.333. The lowest BCUT2D eigenvalue weighted by molar-refractivity contribution is -0.131. The minimum absolute atomic E-state index is 0.143. The first kappa shape index (κ1) is 20.0. The van der Waals surface area contributed by atoms with Crippen LogP contribution in [0.5, 0.6) is 5.75 Å². The Morgan fingerprint density at radius 3 is 2.87 bits per heavy atom. The van der Waals surface area contributed by atoms with Gasteiger partial charge in [0.25, 0.3) is 0 Å². The van der Waals surface area contributed by atoms with Crippen molar-refractivity contribution < 1.29 is 9.53 Å². The smallest absolute Gasteiger partial charge is 0.227 e. The van der Waals surface area contributed by atoms with E-state index in [9.17, 15) is 4.79 Å². The summed E-state index contributed by atoms with van der Waals surface area (Å²) in [7, 11) is 1.64. The average Bonchev–Trinajstić information content (AvgIpc) is 2.80. The number of carbonyl (C=O) groups is 1. The zero-order valence-electron chi connectivity index (χ0n) is 17.4. The summed E-state index contributed by atoms with van der Waals surface area (Å²) in [5, 5.41) is 0. The minimum Gasteiger partial charge on any atom is -0.497 e. The van der Waals surface area contributed by atoms with Gasteiger partial charge >= 0.3 is 0 Å². The summed E-state index contributed by atoms with van der Waals surface area (Å²) in [6.07, 6.45) is 7.81. The Balaban J connectivity index is 1.54. The van der Waals surface area contributed by atoms with Gasteiger partial charge in [-0.1, -0.05) is 12.1 Å². The van der Waals surface area contributed by atoms with Crippen LogP contribution in [0, 0.1) is 6.92 Å². The van der Waals surface area contributed by atoms with Gasteiger partial charge in [-0.25, -0.2) is 9.97 Å². The van der Waals surface area contributed by atoms with Gasteiger partial charge in [0, 0.05) is 43.2 Å². The zero-order valence-corrected chi connectivity index (χ0v) is 17.4. The molecule has 1 aromatic carbocycles. The van der Waals surface area contributed by atoms with Crippen LogP contribution in [0.2, 0.25) is 0 Å². The molecule has 1 unspecified atom stereocenters. The van der Waals surface area contributed by atoms with Crippen molar-refractivity contribution in [1.29, 1.82) is 0 Å². The Kier molecular flexibility index (Phi) is 6.02. The van der Waals surface area contributed by atoms with Gasteiger partial charge in [0.2, 0.25) is 5.91 Å². The van der Waals surface area contributed by atoms with E-state index in [1.165, 1.54) is 0 Å². The molecular formula is C24H26N4O2. The van der Waals surface area contributed by atoms with Crippen LogP contribution >= 0.6 is 0 Å². The van der Waals surface area contributed by atoms with Crippen LogP contribution < -0.4 is 4.74 Å². The van der Waals surface area contributed by atoms with Crippen LogP contribution in [-0.2, 0) is 11.2 Å². The number of ether oxygens (including phenoxy) is 1. The van der Waals surface area contributed by atoms with Crippen molar-refractivity contribution in [3.63, 3.8) is 0 Å². The van der Waals surface area contributed by atoms with E-state index in [2.05, 4.69) is 9.97 Å². The fourth-order valence-electron chi connectivity index (χ4n) is 4.05. The van der Waals surface area contributed by atoms with Crippen LogP contribution in [-0.4, -0.2) is 46.0 Å². The maximum Gasteiger partial charge on any atom is 0.227 e. The Bertz CT molecular complexity index is 1020. The number of benzene rings is 1. The van der Waals surface area contributed by atoms with Gasteiger partial charge in [0.05, 0.1) is 19.2 Å². The fourth-order valence-corrected chi connectivity index (χ4v) is 4.05. The van der Waals surface area contributed by atoms with Crippen molar-refractivity contribution in [3.05, 3.63) is 72.1 Å². The lowest BCUT2D eigenvalue weighted by atomic mass is 9.90. The SMILES string of the molecule is COc1cccc(CC(=O)N2CCCC(c3nc(C)ncc3-c3ccncc3)C2)c1. The number of nitrogens with zero attached hydrogens (tertiary/aromatic N) is 4. The number of rotatable bonds is 5. The van der Waals surface area contributed by atoms with Crippen LogP contribution in [0.15, 0.2) is 55.0 Å². The highest BCUT2D eigenvalue weighted by Crippen LogP contribution is 2.33. The van der Waals surface area contributed by atoms with E-state index in [-0.39, 0.29) is 11.8 Å². The molecule has 0 N–H and O–H groups in total. The number of carbonyl (C=O) groups excluding carboxylic acids is 1. The maximum atomic E-state index is 13.0. The molecule has 154 valence electrons. The summed E-state index contributed by atoms with van der Waals surface area (Å²) >= 11 is 0. The molecular weight excluding hydrogens is 376 g/mol. The van der Waals surface area contributed by atoms with Gasteiger partial charge in [-0.2, -0.15) is 0 Å². The molecule has 0 saturated carbocycles. The van der Waals surface area contributed by atoms with Crippen molar-refractivity contribution in [2.24, 2.45) is 0 Å². The van der Waals surface area contributed by atoms with E-state index >= 15 is 0 Å². The quantitative estimate of drug-likeness (QED) is 0.649. The molecule has 0 radical (unpaired) electrons. The van der Waals surface area contributed by atoms with Crippen molar-refractivity contribution in [3.8, 4) is 16.9 Å². The molecule has 1 aliphatic rings. The Hall–Kier alpha value is -3.28. The number of pyridine rings is 1. The molecule has 0 aliphatic carbocycles. The Labute approximate surface area is 177 Å². The predicted molar refractivity (Wildman–Crippen MR) is 115 cm³/mol. The highest BCUT2D eigenvalue weighted by molar-refractivity contribution is 5.79. The Morgan fingerprint density at radius 1 is 1.23 bits per heavy atom. The molecule has 1 fully saturated rings. The molecule has 6 nitrogen and oxygen atoms in total. The first-order chi connectivity index (χ1) is 14.6. The highest BCUT2D eigenvalue weighted by Gasteiger charge is 2.28. The number of aryl methyl sites for hydroxylation is 1. The highest BCUT2D eigenvalue weighted by atomic mass is 16.5. The minimum atomic E-state index is 0.143. The van der Waals surface area contributed by atoms with Gasteiger partial charge < -0.3 is 9.64 Å². The summed E-state index contributed by atoms with van der Waals surface area (Å²) in [4.78, 5) is 28.3. The van der Waals surface area contributed by atoms with Crippen molar-refractivity contribution in [2.45, 2.75) is 32.1 Å². The summed E-state index contributed by atoms with van der Waals surface area (Å²) in [6.45, 7) is 3.37. The number of piperidine rings is 1. The number of likely N-dealkylation sites (tertiary alicyclic amines) is 1. The molecule has 6 heteroatoms. The van der Waals surface area contributed by atoms with E-state index in [1.807, 2.05) is 54.4 Å². The van der Waals surface area contributed by atoms with E-state index in [4.69, 9.17) is 9.72 Å². The van der Waals surface area contributed by atoms with Gasteiger partial charge in [-0.05, 0) is 55.2 Å². The third-order valence-electron chi connectivity index (χ3n) is 5.58. The molecule has 0 bridgehead atoms. The number of amides is 1. The lowest BCUT2D eigenvalue weighted by Gasteiger charge is -2.33. The van der Waals surface area contributed by atoms with Gasteiger partial charge in [0.15, 0.2) is 0 Å². The topological polar surface area (TPSA) is 68.2 Å². The van der Waals surface area contributed by atoms with Gasteiger partial charge in [-0.15, -0.1) is 0 Å². The second kappa shape index (κ2) is 9.03. The standard InChI is InChI=1S/C24H26N4O2/c1-17-26-15-22(19-8-10-25-11-9-19)24(27-17)20-6-4-12-28(16-20)23(29)14-18-5-3-7-21(13-18)30-2/h3,5,7-11,13,15,20H,4,6,12,14,16H2,1-2H3. The summed E-state index contributed by atoms with van der Waals surface area (Å²) in [6, 6.07) is 11.7. The Morgan fingerprint density at radius 2 is 2.07 bits per heavy atom. The van der Waals surface area contributed by atoms with Crippen molar-refractivity contribution >= 4 is 5.91 Å². The molecule has 1 aliphatic heterocycles. The normalized spacial score (nSPS) is 16.3. The zero-order chi connectivity index (χ0) is 20.9.